The quantitative estimate of drug-likeness (QED) is 0.814. The van der Waals surface area contributed by atoms with Crippen molar-refractivity contribution in [2.45, 2.75) is 25.4 Å². The predicted molar refractivity (Wildman–Crippen MR) is 61.7 cm³/mol. The summed E-state index contributed by atoms with van der Waals surface area (Å²) in [6.45, 7) is 2.43. The molecule has 16 heavy (non-hydrogen) atoms. The highest BCUT2D eigenvalue weighted by molar-refractivity contribution is 7.12. The lowest BCUT2D eigenvalue weighted by Gasteiger charge is -2.08. The van der Waals surface area contributed by atoms with Gasteiger partial charge in [-0.3, -0.25) is 4.79 Å². The number of nitrogens with one attached hydrogen (secondary N) is 1. The zero-order valence-electron chi connectivity index (χ0n) is 8.94. The zero-order valence-corrected chi connectivity index (χ0v) is 9.76. The first-order valence-corrected chi connectivity index (χ1v) is 6.16. The van der Waals surface area contributed by atoms with Crippen LogP contribution < -0.4 is 5.32 Å². The Morgan fingerprint density at radius 1 is 1.56 bits per heavy atom. The Bertz CT molecular complexity index is 358. The third kappa shape index (κ3) is 3.30. The Morgan fingerprint density at radius 3 is 3.06 bits per heavy atom. The van der Waals surface area contributed by atoms with Gasteiger partial charge in [-0.25, -0.2) is 0 Å². The minimum Gasteiger partial charge on any atom is -0.481 e. The number of hydrogen-bond donors (Lipinski definition) is 2. The summed E-state index contributed by atoms with van der Waals surface area (Å²) in [5.41, 5.74) is 0. The summed E-state index contributed by atoms with van der Waals surface area (Å²) in [6.07, 6.45) is 1.19. The SMILES string of the molecule is O=C(O)Cc1ccc(CNC2CCOC2)s1. The molecule has 0 radical (unpaired) electrons. The molecule has 1 unspecified atom stereocenters. The van der Waals surface area contributed by atoms with E-state index in [2.05, 4.69) is 5.32 Å². The number of ether oxygens (including phenoxy) is 1. The molecule has 1 saturated heterocycles. The van der Waals surface area contributed by atoms with E-state index in [0.717, 1.165) is 31.1 Å². The normalized spacial score (nSPS) is 20.1. The van der Waals surface area contributed by atoms with Crippen LogP contribution in [0.25, 0.3) is 0 Å². The summed E-state index contributed by atoms with van der Waals surface area (Å²) in [6, 6.07) is 4.33. The van der Waals surface area contributed by atoms with Gasteiger partial charge in [0, 0.05) is 28.9 Å². The second kappa shape index (κ2) is 5.43. The number of hydrogen-bond acceptors (Lipinski definition) is 4. The summed E-state index contributed by atoms with van der Waals surface area (Å²) >= 11 is 1.56. The zero-order chi connectivity index (χ0) is 11.4. The Kier molecular flexibility index (Phi) is 3.93. The van der Waals surface area contributed by atoms with Crippen LogP contribution in [0.5, 0.6) is 0 Å². The van der Waals surface area contributed by atoms with Crippen LogP contribution in [0.3, 0.4) is 0 Å². The van der Waals surface area contributed by atoms with E-state index in [9.17, 15) is 4.79 Å². The molecule has 1 aliphatic heterocycles. The summed E-state index contributed by atoms with van der Waals surface area (Å²) in [4.78, 5) is 12.6. The number of rotatable bonds is 5. The fourth-order valence-electron chi connectivity index (χ4n) is 1.70. The van der Waals surface area contributed by atoms with Gasteiger partial charge >= 0.3 is 5.97 Å². The highest BCUT2D eigenvalue weighted by Gasteiger charge is 2.14. The van der Waals surface area contributed by atoms with E-state index in [1.807, 2.05) is 12.1 Å². The van der Waals surface area contributed by atoms with Gasteiger partial charge in [0.15, 0.2) is 0 Å². The number of thiophene rings is 1. The van der Waals surface area contributed by atoms with Gasteiger partial charge in [-0.1, -0.05) is 0 Å². The largest absolute Gasteiger partial charge is 0.481 e. The molecule has 1 aromatic heterocycles. The van der Waals surface area contributed by atoms with Gasteiger partial charge in [0.25, 0.3) is 0 Å². The van der Waals surface area contributed by atoms with Crippen molar-refractivity contribution in [2.24, 2.45) is 0 Å². The van der Waals surface area contributed by atoms with Crippen LogP contribution in [0.15, 0.2) is 12.1 Å². The van der Waals surface area contributed by atoms with Crippen LogP contribution in [0.1, 0.15) is 16.2 Å². The molecule has 5 heteroatoms. The second-order valence-electron chi connectivity index (χ2n) is 3.88. The fourth-order valence-corrected chi connectivity index (χ4v) is 2.66. The molecule has 0 aliphatic carbocycles. The molecular formula is C11H15NO3S. The average Bonchev–Trinajstić information content (AvgIpc) is 2.84. The first kappa shape index (κ1) is 11.6. The number of aliphatic carboxylic acids is 1. The maximum absolute atomic E-state index is 10.5. The van der Waals surface area contributed by atoms with Crippen LogP contribution in [-0.2, 0) is 22.5 Å². The third-order valence-electron chi connectivity index (χ3n) is 2.54. The highest BCUT2D eigenvalue weighted by Crippen LogP contribution is 2.17. The molecule has 1 aliphatic rings. The Morgan fingerprint density at radius 2 is 2.38 bits per heavy atom. The third-order valence-corrected chi connectivity index (χ3v) is 3.62. The van der Waals surface area contributed by atoms with Crippen LogP contribution in [-0.4, -0.2) is 30.3 Å². The Hall–Kier alpha value is -0.910. The van der Waals surface area contributed by atoms with Crippen molar-refractivity contribution in [1.29, 1.82) is 0 Å². The van der Waals surface area contributed by atoms with E-state index in [1.165, 1.54) is 4.88 Å². The molecule has 0 spiro atoms. The van der Waals surface area contributed by atoms with Crippen LogP contribution >= 0.6 is 11.3 Å². The molecule has 2 heterocycles. The van der Waals surface area contributed by atoms with E-state index in [-0.39, 0.29) is 6.42 Å². The first-order valence-electron chi connectivity index (χ1n) is 5.34. The number of carbonyl (C=O) groups is 1. The summed E-state index contributed by atoms with van der Waals surface area (Å²) in [5, 5.41) is 12.1. The number of carboxylic acids is 1. The Balaban J connectivity index is 1.80. The Labute approximate surface area is 98.2 Å². The summed E-state index contributed by atoms with van der Waals surface area (Å²) in [5.74, 6) is -0.773. The van der Waals surface area contributed by atoms with Gasteiger partial charge in [0.2, 0.25) is 0 Å². The minimum absolute atomic E-state index is 0.122. The van der Waals surface area contributed by atoms with Gasteiger partial charge in [-0.2, -0.15) is 0 Å². The second-order valence-corrected chi connectivity index (χ2v) is 5.13. The van der Waals surface area contributed by atoms with Crippen LogP contribution in [0, 0.1) is 0 Å². The van der Waals surface area contributed by atoms with Crippen molar-refractivity contribution in [2.75, 3.05) is 13.2 Å². The molecule has 2 N–H and O–H groups in total. The molecule has 88 valence electrons. The molecule has 4 nitrogen and oxygen atoms in total. The van der Waals surface area contributed by atoms with Crippen molar-refractivity contribution >= 4 is 17.3 Å². The van der Waals surface area contributed by atoms with Gasteiger partial charge < -0.3 is 15.2 Å². The molecule has 1 aromatic rings. The highest BCUT2D eigenvalue weighted by atomic mass is 32.1. The predicted octanol–water partition coefficient (Wildman–Crippen LogP) is 1.25. The van der Waals surface area contributed by atoms with E-state index in [4.69, 9.17) is 9.84 Å². The summed E-state index contributed by atoms with van der Waals surface area (Å²) < 4.78 is 5.27. The molecular weight excluding hydrogens is 226 g/mol. The molecule has 1 fully saturated rings. The topological polar surface area (TPSA) is 58.6 Å². The van der Waals surface area contributed by atoms with Gasteiger partial charge in [-0.05, 0) is 18.6 Å². The lowest BCUT2D eigenvalue weighted by Crippen LogP contribution is -2.28. The monoisotopic (exact) mass is 241 g/mol. The van der Waals surface area contributed by atoms with Crippen molar-refractivity contribution in [3.05, 3.63) is 21.9 Å². The smallest absolute Gasteiger partial charge is 0.308 e. The molecule has 1 atom stereocenters. The maximum atomic E-state index is 10.5. The fraction of sp³-hybridized carbons (Fsp3) is 0.545. The molecule has 0 saturated carbocycles. The summed E-state index contributed by atoms with van der Waals surface area (Å²) in [7, 11) is 0. The maximum Gasteiger partial charge on any atom is 0.308 e. The van der Waals surface area contributed by atoms with Crippen LogP contribution in [0.2, 0.25) is 0 Å². The molecule has 0 aromatic carbocycles. The lowest BCUT2D eigenvalue weighted by atomic mass is 10.2. The standard InChI is InChI=1S/C11H15NO3S/c13-11(14)5-9-1-2-10(16-9)6-12-8-3-4-15-7-8/h1-2,8,12H,3-7H2,(H,13,14). The average molecular weight is 241 g/mol. The van der Waals surface area contributed by atoms with Gasteiger partial charge in [-0.15, -0.1) is 11.3 Å². The van der Waals surface area contributed by atoms with Crippen molar-refractivity contribution in [1.82, 2.24) is 5.32 Å². The molecule has 0 bridgehead atoms. The number of carboxylic acid groups (broad SMARTS) is 1. The van der Waals surface area contributed by atoms with E-state index in [1.54, 1.807) is 11.3 Å². The molecule has 2 rings (SSSR count). The lowest BCUT2D eigenvalue weighted by molar-refractivity contribution is -0.136. The van der Waals surface area contributed by atoms with Crippen LogP contribution in [0.4, 0.5) is 0 Å². The van der Waals surface area contributed by atoms with Crippen molar-refractivity contribution in [3.8, 4) is 0 Å². The van der Waals surface area contributed by atoms with Crippen molar-refractivity contribution < 1.29 is 14.6 Å². The van der Waals surface area contributed by atoms with Gasteiger partial charge in [0.1, 0.15) is 0 Å². The van der Waals surface area contributed by atoms with E-state index < -0.39 is 5.97 Å². The van der Waals surface area contributed by atoms with E-state index in [0.29, 0.717) is 6.04 Å². The van der Waals surface area contributed by atoms with E-state index >= 15 is 0 Å². The van der Waals surface area contributed by atoms with Crippen molar-refractivity contribution in [3.63, 3.8) is 0 Å². The van der Waals surface area contributed by atoms with Gasteiger partial charge in [0.05, 0.1) is 13.0 Å². The minimum atomic E-state index is -0.773. The first-order chi connectivity index (χ1) is 7.74. The molecule has 0 amide bonds.